The van der Waals surface area contributed by atoms with E-state index in [0.29, 0.717) is 18.8 Å². The molecule has 2 unspecified atom stereocenters. The first-order chi connectivity index (χ1) is 18.5. The molecule has 38 heavy (non-hydrogen) atoms. The maximum Gasteiger partial charge on any atom is 0.274 e. The molecule has 9 nitrogen and oxygen atoms in total. The Morgan fingerprint density at radius 1 is 1.18 bits per heavy atom. The van der Waals surface area contributed by atoms with Crippen molar-refractivity contribution in [2.24, 2.45) is 5.92 Å². The molecule has 0 spiro atoms. The summed E-state index contributed by atoms with van der Waals surface area (Å²) >= 11 is 0. The Morgan fingerprint density at radius 2 is 1.95 bits per heavy atom. The standard InChI is InChI=1S/C28H33N5O3.CH4O/c1-4-19-11-23(24-17-36-31-18(24)2)14-33-15-25(30-27(19)33)28(35)32-10-9-21(26(34)16-32)12-20-7-5-6-8-22(20)13-29-3;1-2/h5-8,11,14-15,17,21,26,29,34H,4,9-10,12-13,16H2,1-3H3;2H,1H3. The van der Waals surface area contributed by atoms with Crippen LogP contribution < -0.4 is 5.32 Å². The van der Waals surface area contributed by atoms with Gasteiger partial charge in [0.15, 0.2) is 0 Å². The number of fused-ring (bicyclic) bond motifs is 1. The quantitative estimate of drug-likeness (QED) is 0.343. The van der Waals surface area contributed by atoms with Crippen molar-refractivity contribution in [3.8, 4) is 11.1 Å². The molecule has 1 amide bonds. The van der Waals surface area contributed by atoms with Gasteiger partial charge < -0.3 is 29.4 Å². The highest BCUT2D eigenvalue weighted by Crippen LogP contribution is 2.28. The average Bonchev–Trinajstić information content (AvgIpc) is 3.57. The molecule has 2 atom stereocenters. The van der Waals surface area contributed by atoms with Crippen molar-refractivity contribution in [1.82, 2.24) is 24.8 Å². The van der Waals surface area contributed by atoms with Gasteiger partial charge >= 0.3 is 0 Å². The molecule has 1 aliphatic rings. The number of hydrogen-bond acceptors (Lipinski definition) is 7. The van der Waals surface area contributed by atoms with Crippen LogP contribution >= 0.6 is 0 Å². The predicted molar refractivity (Wildman–Crippen MR) is 146 cm³/mol. The van der Waals surface area contributed by atoms with Crippen molar-refractivity contribution in [3.05, 3.63) is 77.1 Å². The Labute approximate surface area is 223 Å². The van der Waals surface area contributed by atoms with Crippen molar-refractivity contribution in [3.63, 3.8) is 0 Å². The zero-order valence-corrected chi connectivity index (χ0v) is 22.5. The van der Waals surface area contributed by atoms with E-state index in [9.17, 15) is 9.90 Å². The number of nitrogens with one attached hydrogen (secondary N) is 1. The van der Waals surface area contributed by atoms with Gasteiger partial charge in [-0.15, -0.1) is 0 Å². The molecule has 0 bridgehead atoms. The molecular weight excluding hydrogens is 482 g/mol. The smallest absolute Gasteiger partial charge is 0.274 e. The number of imidazole rings is 1. The number of pyridine rings is 1. The molecule has 1 fully saturated rings. The predicted octanol–water partition coefficient (Wildman–Crippen LogP) is 3.25. The van der Waals surface area contributed by atoms with Gasteiger partial charge in [-0.1, -0.05) is 36.3 Å². The molecule has 0 saturated carbocycles. The highest BCUT2D eigenvalue weighted by Gasteiger charge is 2.32. The summed E-state index contributed by atoms with van der Waals surface area (Å²) in [7, 11) is 2.94. The first-order valence-electron chi connectivity index (χ1n) is 13.0. The summed E-state index contributed by atoms with van der Waals surface area (Å²) in [4.78, 5) is 19.8. The molecule has 1 aliphatic heterocycles. The fraction of sp³-hybridized carbons (Fsp3) is 0.414. The Kier molecular flexibility index (Phi) is 8.93. The number of aliphatic hydroxyl groups is 2. The number of amides is 1. The molecule has 3 N–H and O–H groups in total. The van der Waals surface area contributed by atoms with Gasteiger partial charge in [0.25, 0.3) is 5.91 Å². The molecule has 0 aliphatic carbocycles. The first-order valence-corrected chi connectivity index (χ1v) is 13.0. The fourth-order valence-electron chi connectivity index (χ4n) is 5.22. The third-order valence-corrected chi connectivity index (χ3v) is 7.26. The first kappa shape index (κ1) is 27.5. The van der Waals surface area contributed by atoms with E-state index in [1.807, 2.05) is 36.7 Å². The Bertz CT molecular complexity index is 1380. The number of aryl methyl sites for hydroxylation is 2. The number of β-amino-alcohol motifs (C(OH)–C–C–N with tert-alkyl or cyclic N) is 1. The maximum atomic E-state index is 13.4. The van der Waals surface area contributed by atoms with Gasteiger partial charge in [-0.3, -0.25) is 4.79 Å². The summed E-state index contributed by atoms with van der Waals surface area (Å²) in [6.07, 6.45) is 7.16. The molecule has 1 saturated heterocycles. The molecule has 9 heteroatoms. The van der Waals surface area contributed by atoms with Crippen molar-refractivity contribution in [2.75, 3.05) is 27.2 Å². The Balaban J connectivity index is 0.00000164. The van der Waals surface area contributed by atoms with Crippen LogP contribution in [0.25, 0.3) is 16.8 Å². The number of piperidine rings is 1. The topological polar surface area (TPSA) is 116 Å². The van der Waals surface area contributed by atoms with Crippen LogP contribution in [0.3, 0.4) is 0 Å². The van der Waals surface area contributed by atoms with Gasteiger partial charge in [-0.2, -0.15) is 0 Å². The summed E-state index contributed by atoms with van der Waals surface area (Å²) in [5, 5.41) is 25.2. The number of benzene rings is 1. The third kappa shape index (κ3) is 5.65. The van der Waals surface area contributed by atoms with Gasteiger partial charge in [0.2, 0.25) is 0 Å². The van der Waals surface area contributed by atoms with E-state index < -0.39 is 6.10 Å². The number of carbonyl (C=O) groups is 1. The molecule has 4 heterocycles. The van der Waals surface area contributed by atoms with Crippen LogP contribution in [-0.2, 0) is 19.4 Å². The van der Waals surface area contributed by atoms with Crippen LogP contribution in [0.1, 0.15) is 46.2 Å². The second-order valence-electron chi connectivity index (χ2n) is 9.65. The number of rotatable bonds is 7. The molecule has 5 rings (SSSR count). The largest absolute Gasteiger partial charge is 0.400 e. The molecular formula is C29H37N5O4. The lowest BCUT2D eigenvalue weighted by Crippen LogP contribution is -2.47. The van der Waals surface area contributed by atoms with Gasteiger partial charge in [-0.25, -0.2) is 4.98 Å². The maximum absolute atomic E-state index is 13.4. The van der Waals surface area contributed by atoms with Gasteiger partial charge in [0.05, 0.1) is 11.8 Å². The van der Waals surface area contributed by atoms with Gasteiger partial charge in [-0.05, 0) is 61.9 Å². The minimum Gasteiger partial charge on any atom is -0.400 e. The minimum absolute atomic E-state index is 0.120. The van der Waals surface area contributed by atoms with E-state index in [1.165, 1.54) is 11.1 Å². The van der Waals surface area contributed by atoms with Crippen LogP contribution in [0.5, 0.6) is 0 Å². The Hall–Kier alpha value is -3.53. The molecule has 1 aromatic carbocycles. The molecule has 202 valence electrons. The summed E-state index contributed by atoms with van der Waals surface area (Å²) in [5.74, 6) is -0.0225. The molecule has 3 aromatic heterocycles. The number of aliphatic hydroxyl groups excluding tert-OH is 2. The van der Waals surface area contributed by atoms with Crippen LogP contribution in [0.2, 0.25) is 0 Å². The van der Waals surface area contributed by atoms with Crippen molar-refractivity contribution in [2.45, 2.75) is 45.8 Å². The van der Waals surface area contributed by atoms with E-state index in [1.54, 1.807) is 17.4 Å². The summed E-state index contributed by atoms with van der Waals surface area (Å²) in [6, 6.07) is 10.4. The van der Waals surface area contributed by atoms with Crippen LogP contribution in [0, 0.1) is 12.8 Å². The second-order valence-corrected chi connectivity index (χ2v) is 9.65. The lowest BCUT2D eigenvalue weighted by molar-refractivity contribution is 0.0194. The zero-order chi connectivity index (χ0) is 27.2. The van der Waals surface area contributed by atoms with Crippen molar-refractivity contribution < 1.29 is 19.5 Å². The van der Waals surface area contributed by atoms with Crippen LogP contribution in [-0.4, -0.2) is 68.9 Å². The highest BCUT2D eigenvalue weighted by atomic mass is 16.5. The van der Waals surface area contributed by atoms with E-state index in [0.717, 1.165) is 60.9 Å². The molecule has 0 radical (unpaired) electrons. The number of carbonyl (C=O) groups excluding carboxylic acids is 1. The summed E-state index contributed by atoms with van der Waals surface area (Å²) in [6.45, 7) is 5.71. The summed E-state index contributed by atoms with van der Waals surface area (Å²) < 4.78 is 7.03. The number of nitrogens with zero attached hydrogens (tertiary/aromatic N) is 4. The second kappa shape index (κ2) is 12.3. The van der Waals surface area contributed by atoms with Gasteiger partial charge in [0.1, 0.15) is 17.6 Å². The zero-order valence-electron chi connectivity index (χ0n) is 22.5. The number of hydrogen-bond donors (Lipinski definition) is 3. The minimum atomic E-state index is -0.572. The van der Waals surface area contributed by atoms with Gasteiger partial charge in [0, 0.05) is 50.3 Å². The van der Waals surface area contributed by atoms with Crippen molar-refractivity contribution in [1.29, 1.82) is 0 Å². The monoisotopic (exact) mass is 519 g/mol. The Morgan fingerprint density at radius 3 is 2.61 bits per heavy atom. The van der Waals surface area contributed by atoms with Crippen molar-refractivity contribution >= 4 is 11.6 Å². The lowest BCUT2D eigenvalue weighted by Gasteiger charge is -2.36. The summed E-state index contributed by atoms with van der Waals surface area (Å²) in [5.41, 5.74) is 7.44. The van der Waals surface area contributed by atoms with E-state index >= 15 is 0 Å². The van der Waals surface area contributed by atoms with E-state index in [2.05, 4.69) is 35.6 Å². The third-order valence-electron chi connectivity index (χ3n) is 7.26. The normalized spacial score (nSPS) is 17.4. The number of likely N-dealkylation sites (tertiary alicyclic amines) is 1. The van der Waals surface area contributed by atoms with Crippen LogP contribution in [0.15, 0.2) is 53.5 Å². The lowest BCUT2D eigenvalue weighted by atomic mass is 9.86. The van der Waals surface area contributed by atoms with E-state index in [-0.39, 0.29) is 11.8 Å². The highest BCUT2D eigenvalue weighted by molar-refractivity contribution is 5.93. The number of aromatic nitrogens is 3. The molecule has 4 aromatic rings. The van der Waals surface area contributed by atoms with Crippen LogP contribution in [0.4, 0.5) is 0 Å². The SMILES string of the molecule is CCc1cc(-c2conc2C)cn2cc(C(=O)N3CCC(Cc4ccccc4CNC)C(O)C3)nc12.CO. The average molecular weight is 520 g/mol. The van der Waals surface area contributed by atoms with E-state index in [4.69, 9.17) is 14.6 Å². The fourth-order valence-corrected chi connectivity index (χ4v) is 5.22.